The molecule has 1 heterocycles. The van der Waals surface area contributed by atoms with Gasteiger partial charge in [0, 0.05) is 26.2 Å². The van der Waals surface area contributed by atoms with Crippen molar-refractivity contribution in [3.8, 4) is 5.75 Å². The molecule has 0 spiro atoms. The predicted molar refractivity (Wildman–Crippen MR) is 86.9 cm³/mol. The van der Waals surface area contributed by atoms with Gasteiger partial charge >= 0.3 is 12.2 Å². The van der Waals surface area contributed by atoms with Crippen molar-refractivity contribution in [3.05, 3.63) is 23.8 Å². The van der Waals surface area contributed by atoms with Crippen molar-refractivity contribution < 1.29 is 27.4 Å². The Labute approximate surface area is 144 Å². The number of hydrogen-bond acceptors (Lipinski definition) is 4. The highest BCUT2D eigenvalue weighted by molar-refractivity contribution is 5.91. The molecule has 9 heteroatoms. The van der Waals surface area contributed by atoms with Crippen LogP contribution < -0.4 is 15.4 Å². The fourth-order valence-corrected chi connectivity index (χ4v) is 2.40. The van der Waals surface area contributed by atoms with Gasteiger partial charge in [0.15, 0.2) is 0 Å². The Bertz CT molecular complexity index is 575. The van der Waals surface area contributed by atoms with E-state index in [0.717, 1.165) is 25.2 Å². The minimum atomic E-state index is -4.49. The zero-order valence-electron chi connectivity index (χ0n) is 14.0. The third kappa shape index (κ3) is 6.09. The lowest BCUT2D eigenvalue weighted by Gasteiger charge is -2.26. The van der Waals surface area contributed by atoms with E-state index >= 15 is 0 Å². The van der Waals surface area contributed by atoms with Crippen molar-refractivity contribution in [2.75, 3.05) is 51.3 Å². The van der Waals surface area contributed by atoms with E-state index in [1.54, 1.807) is 6.92 Å². The Balaban J connectivity index is 1.93. The van der Waals surface area contributed by atoms with Crippen LogP contribution in [-0.2, 0) is 10.9 Å². The van der Waals surface area contributed by atoms with Crippen LogP contribution in [0.15, 0.2) is 18.2 Å². The molecule has 0 bridgehead atoms. The number of hydrogen-bond donors (Lipinski definition) is 2. The molecule has 1 saturated heterocycles. The molecule has 0 saturated carbocycles. The van der Waals surface area contributed by atoms with Gasteiger partial charge in [-0.25, -0.2) is 4.79 Å². The van der Waals surface area contributed by atoms with Crippen molar-refractivity contribution >= 4 is 11.7 Å². The molecule has 2 rings (SSSR count). The highest BCUT2D eigenvalue weighted by atomic mass is 19.4. The third-order valence-electron chi connectivity index (χ3n) is 3.67. The number of morpholine rings is 1. The second-order valence-electron chi connectivity index (χ2n) is 5.48. The van der Waals surface area contributed by atoms with Gasteiger partial charge in [-0.15, -0.1) is 0 Å². The Morgan fingerprint density at radius 2 is 2.04 bits per heavy atom. The Morgan fingerprint density at radius 1 is 1.32 bits per heavy atom. The van der Waals surface area contributed by atoms with Gasteiger partial charge in [0.2, 0.25) is 0 Å². The molecule has 0 unspecified atom stereocenters. The van der Waals surface area contributed by atoms with Crippen molar-refractivity contribution in [1.82, 2.24) is 10.2 Å². The number of halogens is 3. The van der Waals surface area contributed by atoms with Crippen LogP contribution in [0.25, 0.3) is 0 Å². The molecular weight excluding hydrogens is 339 g/mol. The van der Waals surface area contributed by atoms with Crippen LogP contribution in [-0.4, -0.2) is 56.9 Å². The van der Waals surface area contributed by atoms with E-state index in [2.05, 4.69) is 15.5 Å². The molecular formula is C16H22F3N3O3. The van der Waals surface area contributed by atoms with E-state index in [4.69, 9.17) is 9.47 Å². The molecule has 140 valence electrons. The molecule has 0 radical (unpaired) electrons. The minimum Gasteiger partial charge on any atom is -0.492 e. The zero-order chi connectivity index (χ0) is 18.3. The summed E-state index contributed by atoms with van der Waals surface area (Å²) in [5, 5.41) is 5.06. The Hall–Kier alpha value is -2.00. The number of alkyl halides is 3. The summed E-state index contributed by atoms with van der Waals surface area (Å²) in [5.74, 6) is 0.193. The van der Waals surface area contributed by atoms with E-state index in [9.17, 15) is 18.0 Å². The first kappa shape index (κ1) is 19.3. The van der Waals surface area contributed by atoms with E-state index in [1.165, 1.54) is 6.07 Å². The monoisotopic (exact) mass is 361 g/mol. The molecule has 6 nitrogen and oxygen atoms in total. The standard InChI is InChI=1S/C16H22F3N3O3/c1-2-25-14-4-3-12(16(17,18)19)11-13(14)21-15(23)20-5-6-22-7-9-24-10-8-22/h3-4,11H,2,5-10H2,1H3,(H2,20,21,23). The summed E-state index contributed by atoms with van der Waals surface area (Å²) in [4.78, 5) is 14.1. The molecule has 2 N–H and O–H groups in total. The summed E-state index contributed by atoms with van der Waals surface area (Å²) >= 11 is 0. The van der Waals surface area contributed by atoms with Gasteiger partial charge in [-0.05, 0) is 25.1 Å². The van der Waals surface area contributed by atoms with Gasteiger partial charge in [-0.2, -0.15) is 13.2 Å². The minimum absolute atomic E-state index is 0.0134. The molecule has 1 aliphatic rings. The molecule has 25 heavy (non-hydrogen) atoms. The number of urea groups is 1. The van der Waals surface area contributed by atoms with Crippen LogP contribution in [0.2, 0.25) is 0 Å². The van der Waals surface area contributed by atoms with Crippen molar-refractivity contribution in [3.63, 3.8) is 0 Å². The van der Waals surface area contributed by atoms with Gasteiger partial charge < -0.3 is 20.1 Å². The maximum absolute atomic E-state index is 12.8. The van der Waals surface area contributed by atoms with Crippen LogP contribution in [0.1, 0.15) is 12.5 Å². The first-order valence-electron chi connectivity index (χ1n) is 8.09. The first-order chi connectivity index (χ1) is 11.9. The normalized spacial score (nSPS) is 15.7. The Kier molecular flexibility index (Phi) is 6.89. The number of rotatable bonds is 6. The van der Waals surface area contributed by atoms with Gasteiger partial charge in [-0.3, -0.25) is 4.90 Å². The van der Waals surface area contributed by atoms with Gasteiger partial charge in [0.1, 0.15) is 5.75 Å². The fraction of sp³-hybridized carbons (Fsp3) is 0.562. The second-order valence-corrected chi connectivity index (χ2v) is 5.48. The summed E-state index contributed by atoms with van der Waals surface area (Å²) in [7, 11) is 0. The topological polar surface area (TPSA) is 62.8 Å². The molecule has 1 aromatic carbocycles. The SMILES string of the molecule is CCOc1ccc(C(F)(F)F)cc1NC(=O)NCCN1CCOCC1. The summed E-state index contributed by atoms with van der Waals surface area (Å²) in [6.45, 7) is 5.94. The van der Waals surface area contributed by atoms with Crippen LogP contribution in [0, 0.1) is 0 Å². The number of amides is 2. The van der Waals surface area contributed by atoms with Crippen LogP contribution in [0.3, 0.4) is 0 Å². The number of anilines is 1. The van der Waals surface area contributed by atoms with Gasteiger partial charge in [0.25, 0.3) is 0 Å². The first-order valence-corrected chi connectivity index (χ1v) is 8.09. The highest BCUT2D eigenvalue weighted by Crippen LogP contribution is 2.35. The maximum Gasteiger partial charge on any atom is 0.416 e. The lowest BCUT2D eigenvalue weighted by Crippen LogP contribution is -2.42. The lowest BCUT2D eigenvalue weighted by molar-refractivity contribution is -0.137. The van der Waals surface area contributed by atoms with E-state index in [-0.39, 0.29) is 18.0 Å². The number of carbonyl (C=O) groups excluding carboxylic acids is 1. The molecule has 0 aliphatic carbocycles. The molecule has 1 fully saturated rings. The summed E-state index contributed by atoms with van der Waals surface area (Å²) in [6, 6.07) is 2.42. The van der Waals surface area contributed by atoms with Crippen LogP contribution in [0.5, 0.6) is 5.75 Å². The molecule has 2 amide bonds. The molecule has 0 aromatic heterocycles. The highest BCUT2D eigenvalue weighted by Gasteiger charge is 2.31. The number of nitrogens with one attached hydrogen (secondary N) is 2. The number of nitrogens with zero attached hydrogens (tertiary/aromatic N) is 1. The quantitative estimate of drug-likeness (QED) is 0.818. The largest absolute Gasteiger partial charge is 0.492 e. The maximum atomic E-state index is 12.8. The van der Waals surface area contributed by atoms with E-state index in [0.29, 0.717) is 26.3 Å². The molecule has 1 aliphatic heterocycles. The van der Waals surface area contributed by atoms with E-state index < -0.39 is 17.8 Å². The molecule has 0 atom stereocenters. The van der Waals surface area contributed by atoms with Crippen LogP contribution >= 0.6 is 0 Å². The lowest BCUT2D eigenvalue weighted by atomic mass is 10.2. The summed E-state index contributed by atoms with van der Waals surface area (Å²) in [5.41, 5.74) is -0.861. The van der Waals surface area contributed by atoms with E-state index in [1.807, 2.05) is 0 Å². The van der Waals surface area contributed by atoms with Crippen LogP contribution in [0.4, 0.5) is 23.7 Å². The second kappa shape index (κ2) is 8.91. The Morgan fingerprint density at radius 3 is 2.68 bits per heavy atom. The summed E-state index contributed by atoms with van der Waals surface area (Å²) < 4.78 is 49.0. The van der Waals surface area contributed by atoms with Gasteiger partial charge in [-0.1, -0.05) is 0 Å². The number of carbonyl (C=O) groups is 1. The predicted octanol–water partition coefficient (Wildman–Crippen LogP) is 2.56. The van der Waals surface area contributed by atoms with Crippen molar-refractivity contribution in [1.29, 1.82) is 0 Å². The average molecular weight is 361 g/mol. The van der Waals surface area contributed by atoms with Gasteiger partial charge in [0.05, 0.1) is 31.1 Å². The smallest absolute Gasteiger partial charge is 0.416 e. The number of benzene rings is 1. The fourth-order valence-electron chi connectivity index (χ4n) is 2.40. The number of ether oxygens (including phenoxy) is 2. The van der Waals surface area contributed by atoms with Crippen molar-refractivity contribution in [2.45, 2.75) is 13.1 Å². The van der Waals surface area contributed by atoms with Crippen molar-refractivity contribution in [2.24, 2.45) is 0 Å². The average Bonchev–Trinajstić information content (AvgIpc) is 2.56. The molecule has 1 aromatic rings. The third-order valence-corrected chi connectivity index (χ3v) is 3.67. The summed E-state index contributed by atoms with van der Waals surface area (Å²) in [6.07, 6.45) is -4.49. The zero-order valence-corrected chi connectivity index (χ0v) is 14.0.